The van der Waals surface area contributed by atoms with Gasteiger partial charge in [0.25, 0.3) is 11.8 Å². The van der Waals surface area contributed by atoms with Crippen molar-refractivity contribution in [2.75, 3.05) is 50.1 Å². The Balaban J connectivity index is 0.752. The number of thiazole rings is 1. The number of aliphatic hydroxyl groups is 1. The lowest BCUT2D eigenvalue weighted by Gasteiger charge is -2.61. The third-order valence-corrected chi connectivity index (χ3v) is 19.5. The highest BCUT2D eigenvalue weighted by Gasteiger charge is 2.58. The Morgan fingerprint density at radius 2 is 1.72 bits per heavy atom. The predicted molar refractivity (Wildman–Crippen MR) is 355 cm³/mol. The van der Waals surface area contributed by atoms with Crippen LogP contribution in [-0.2, 0) is 65.9 Å². The molecular formula is C71H87N9O13S. The maximum Gasteiger partial charge on any atom is 0.409 e. The summed E-state index contributed by atoms with van der Waals surface area (Å²) < 4.78 is 28.1. The van der Waals surface area contributed by atoms with E-state index in [0.717, 1.165) is 82.4 Å². The molecule has 2 aliphatic carbocycles. The molecule has 10 rings (SSSR count). The number of anilines is 2. The lowest BCUT2D eigenvalue weighted by atomic mass is 9.48. The number of carboxylic acid groups (broad SMARTS) is 1. The number of carbonyl (C=O) groups is 7. The fourth-order valence-electron chi connectivity index (χ4n) is 15.2. The molecule has 5 amide bonds. The Labute approximate surface area is 552 Å². The predicted octanol–water partition coefficient (Wildman–Crippen LogP) is 10.6. The molecular weight excluding hydrogens is 1220 g/mol. The van der Waals surface area contributed by atoms with E-state index in [0.29, 0.717) is 97.1 Å². The van der Waals surface area contributed by atoms with Crippen LogP contribution in [0.4, 0.5) is 15.7 Å². The quantitative estimate of drug-likeness (QED) is 0.0212. The molecule has 6 atom stereocenters. The number of hydrogen-bond acceptors (Lipinski definition) is 17. The van der Waals surface area contributed by atoms with Crippen LogP contribution in [-0.4, -0.2) is 146 Å². The molecule has 3 fully saturated rings. The number of para-hydroxylation sites is 1. The summed E-state index contributed by atoms with van der Waals surface area (Å²) in [6.45, 7) is 15.2. The molecule has 94 heavy (non-hydrogen) atoms. The van der Waals surface area contributed by atoms with Gasteiger partial charge in [-0.25, -0.2) is 19.6 Å². The van der Waals surface area contributed by atoms with E-state index in [4.69, 9.17) is 29.0 Å². The van der Waals surface area contributed by atoms with Crippen molar-refractivity contribution in [2.45, 2.75) is 169 Å². The van der Waals surface area contributed by atoms with Crippen molar-refractivity contribution < 1.29 is 62.7 Å². The Morgan fingerprint density at radius 3 is 2.50 bits per heavy atom. The van der Waals surface area contributed by atoms with Crippen molar-refractivity contribution in [3.05, 3.63) is 130 Å². The van der Waals surface area contributed by atoms with E-state index in [2.05, 4.69) is 43.3 Å². The molecule has 0 spiro atoms. The van der Waals surface area contributed by atoms with Crippen LogP contribution in [0.15, 0.2) is 91.1 Å². The first kappa shape index (κ1) is 68.5. The number of carboxylic acids is 1. The van der Waals surface area contributed by atoms with Gasteiger partial charge in [0.2, 0.25) is 18.6 Å². The molecule has 4 aliphatic rings. The molecule has 5 heterocycles. The number of carbonyl (C=O) groups excluding carboxylic acids is 6. The van der Waals surface area contributed by atoms with E-state index in [1.807, 2.05) is 89.3 Å². The number of imide groups is 1. The van der Waals surface area contributed by atoms with Crippen LogP contribution in [0.25, 0.3) is 21.3 Å². The first-order valence-corrected chi connectivity index (χ1v) is 33.3. The highest BCUT2D eigenvalue weighted by molar-refractivity contribution is 7.22. The molecule has 4 N–H and O–H groups in total. The molecule has 1 saturated heterocycles. The van der Waals surface area contributed by atoms with E-state index < -0.39 is 42.1 Å². The second-order valence-electron chi connectivity index (χ2n) is 27.4. The van der Waals surface area contributed by atoms with Gasteiger partial charge in [0.15, 0.2) is 10.8 Å². The number of benzene rings is 3. The van der Waals surface area contributed by atoms with Crippen molar-refractivity contribution in [3.8, 4) is 16.9 Å². The number of aromatic carboxylic acids is 1. The van der Waals surface area contributed by atoms with Gasteiger partial charge in [-0.1, -0.05) is 87.9 Å². The number of aromatic nitrogens is 4. The van der Waals surface area contributed by atoms with Crippen LogP contribution in [0.2, 0.25) is 0 Å². The highest BCUT2D eigenvalue weighted by Crippen LogP contribution is 2.63. The van der Waals surface area contributed by atoms with Gasteiger partial charge in [0.05, 0.1) is 34.7 Å². The number of allylic oxidation sites excluding steroid dienone is 1. The molecule has 6 aromatic rings. The Hall–Kier alpha value is -8.38. The van der Waals surface area contributed by atoms with E-state index in [9.17, 15) is 43.8 Å². The topological polar surface area (TPSA) is 274 Å². The monoisotopic (exact) mass is 1310 g/mol. The van der Waals surface area contributed by atoms with Crippen LogP contribution in [0.3, 0.4) is 0 Å². The van der Waals surface area contributed by atoms with E-state index in [1.54, 1.807) is 20.2 Å². The molecule has 2 bridgehead atoms. The minimum atomic E-state index is -1.16. The molecule has 500 valence electrons. The zero-order valence-corrected chi connectivity index (χ0v) is 55.6. The second-order valence-corrected chi connectivity index (χ2v) is 28.4. The molecule has 22 nitrogen and oxygen atoms in total. The summed E-state index contributed by atoms with van der Waals surface area (Å²) in [5.41, 5.74) is 5.76. The fourth-order valence-corrected chi connectivity index (χ4v) is 16.1. The molecule has 23 heteroatoms. The van der Waals surface area contributed by atoms with Gasteiger partial charge in [-0.3, -0.25) is 34.1 Å². The number of nitrogens with zero attached hydrogens (tertiary/aromatic N) is 7. The Bertz CT molecular complexity index is 3770. The lowest BCUT2D eigenvalue weighted by molar-refractivity contribution is -0.194. The Morgan fingerprint density at radius 1 is 0.904 bits per heavy atom. The molecule has 3 aromatic heterocycles. The number of unbranched alkanes of at least 4 members (excludes halogenated alkanes) is 2. The lowest BCUT2D eigenvalue weighted by Crippen LogP contribution is -2.57. The smallest absolute Gasteiger partial charge is 0.409 e. The van der Waals surface area contributed by atoms with Crippen LogP contribution in [0, 0.1) is 23.2 Å². The number of pyridine rings is 1. The van der Waals surface area contributed by atoms with E-state index in [-0.39, 0.29) is 79.3 Å². The number of likely N-dealkylation sites (N-methyl/N-ethyl adjacent to an activating group) is 1. The number of aliphatic hydroxyl groups excluding tert-OH is 1. The zero-order valence-electron chi connectivity index (χ0n) is 54.8. The molecule has 3 aromatic carbocycles. The van der Waals surface area contributed by atoms with Crippen molar-refractivity contribution in [2.24, 2.45) is 16.2 Å². The van der Waals surface area contributed by atoms with Crippen molar-refractivity contribution in [1.82, 2.24) is 34.9 Å². The number of rotatable bonds is 27. The van der Waals surface area contributed by atoms with Crippen LogP contribution >= 0.6 is 11.3 Å². The first-order valence-electron chi connectivity index (χ1n) is 32.5. The minimum Gasteiger partial charge on any atom is -0.476 e. The average Bonchev–Trinajstić information content (AvgIpc) is 0.775. The second kappa shape index (κ2) is 29.5. The summed E-state index contributed by atoms with van der Waals surface area (Å²) in [5.74, 6) is -1.26. The normalized spacial score (nSPS) is 22.3. The van der Waals surface area contributed by atoms with Gasteiger partial charge >= 0.3 is 12.1 Å². The highest BCUT2D eigenvalue weighted by atomic mass is 32.1. The third-order valence-electron chi connectivity index (χ3n) is 18.5. The largest absolute Gasteiger partial charge is 0.476 e. The number of nitrogens with one attached hydrogen (secondary N) is 2. The Kier molecular flexibility index (Phi) is 21.5. The van der Waals surface area contributed by atoms with Crippen molar-refractivity contribution in [3.63, 3.8) is 0 Å². The van der Waals surface area contributed by atoms with E-state index in [1.165, 1.54) is 28.4 Å². The third kappa shape index (κ3) is 16.7. The summed E-state index contributed by atoms with van der Waals surface area (Å²) in [5, 5.41) is 32.6. The number of fused-ring (bicyclic) bond motifs is 4. The van der Waals surface area contributed by atoms with Gasteiger partial charge < -0.3 is 49.1 Å². The number of ether oxygens (including phenoxy) is 4. The minimum absolute atomic E-state index is 0.00227. The van der Waals surface area contributed by atoms with Gasteiger partial charge in [-0.15, -0.1) is 0 Å². The van der Waals surface area contributed by atoms with Gasteiger partial charge in [0.1, 0.15) is 30.6 Å². The van der Waals surface area contributed by atoms with Gasteiger partial charge in [-0.05, 0) is 147 Å². The number of aryl methyl sites for hydroxylation is 1. The van der Waals surface area contributed by atoms with Crippen LogP contribution in [0.1, 0.15) is 154 Å². The standard InChI is InChI=1S/C71H87N9O13S/c1-8-15-61(85)79(45-82)29-26-60(84)72-27-13-9-10-16-47-21-22-49(57(32-47)93-62-34-50(83)33-51(37-81)92-62)38-90-67(89)77(7)30-31-91-71-40-68(3,4)39-69(5,42-71)41-70(6,43-71)44-80-46(2)54(35-73-80)52-23-24-59(75-63(52)65(87)88)78-28-25-48-17-14-18-53(55(48)36-78)64(86)76-66-74-56-19-11-12-20-58(56)94-66/h8,11-12,14-15,17-24,32,35,37,45,50-51,62,83H,9-10,13,16,25-31,33-34,36,38-44H2,1-7H3,(H,72,84)(H,87,88)(H,74,76,86)/b15-8-. The van der Waals surface area contributed by atoms with Gasteiger partial charge in [-0.2, -0.15) is 5.10 Å². The summed E-state index contributed by atoms with van der Waals surface area (Å²) in [7, 11) is 1.68. The van der Waals surface area contributed by atoms with Crippen molar-refractivity contribution >= 4 is 75.0 Å². The summed E-state index contributed by atoms with van der Waals surface area (Å²) in [4.78, 5) is 102. The summed E-state index contributed by atoms with van der Waals surface area (Å²) in [6.07, 6.45) is 10.7. The van der Waals surface area contributed by atoms with E-state index >= 15 is 0 Å². The summed E-state index contributed by atoms with van der Waals surface area (Å²) in [6, 6.07) is 22.8. The van der Waals surface area contributed by atoms with Crippen LogP contribution < -0.4 is 20.3 Å². The number of amides is 5. The number of hydrogen-bond donors (Lipinski definition) is 4. The molecule has 2 aliphatic heterocycles. The SMILES string of the molecule is C/C=C\C(=O)N(C=O)CCC(=O)NCCCCCc1ccc(COC(=O)N(C)CCOC23CC(C)(C)CC(C)(CC(C)(Cn4ncc(-c5ccc(N6CCc7cccc(C(=O)Nc8nc9ccccc9s8)c7C6)nc5C(=O)O)c4C)C2)C3)c(OC2CC(O)CC(C=O)O2)c1. The van der Waals surface area contributed by atoms with Crippen LogP contribution in [0.5, 0.6) is 5.75 Å². The first-order chi connectivity index (χ1) is 44.9. The molecule has 2 saturated carbocycles. The molecule has 0 radical (unpaired) electrons. The summed E-state index contributed by atoms with van der Waals surface area (Å²) >= 11 is 1.42. The average molecular weight is 1310 g/mol. The zero-order chi connectivity index (χ0) is 67.0. The maximum atomic E-state index is 13.8. The molecule has 6 unspecified atom stereocenters. The maximum absolute atomic E-state index is 13.8. The van der Waals surface area contributed by atoms with Gasteiger partial charge in [0, 0.05) is 93.5 Å². The van der Waals surface area contributed by atoms with Crippen molar-refractivity contribution in [1.29, 1.82) is 0 Å². The fraction of sp³-hybridized carbons (Fsp3) is 0.493. The number of aldehydes is 1.